The quantitative estimate of drug-likeness (QED) is 0.387. The zero-order valence-corrected chi connectivity index (χ0v) is 20.8. The monoisotopic (exact) mass is 518 g/mol. The van der Waals surface area contributed by atoms with Gasteiger partial charge in [0.25, 0.3) is 11.1 Å². The SMILES string of the molecule is CCOC(=O)COc1cc(/C=C2\SC(=O)N(CC(=O)Nc3ccc(C)c(Cl)c3)C2=O)ccc1OC. The van der Waals surface area contributed by atoms with Gasteiger partial charge >= 0.3 is 5.97 Å². The van der Waals surface area contributed by atoms with Gasteiger partial charge in [0.05, 0.1) is 18.6 Å². The van der Waals surface area contributed by atoms with E-state index in [2.05, 4.69) is 5.32 Å². The van der Waals surface area contributed by atoms with Gasteiger partial charge in [0.1, 0.15) is 6.54 Å². The van der Waals surface area contributed by atoms with E-state index in [0.29, 0.717) is 22.0 Å². The molecule has 0 radical (unpaired) electrons. The van der Waals surface area contributed by atoms with E-state index >= 15 is 0 Å². The van der Waals surface area contributed by atoms with E-state index in [1.165, 1.54) is 13.2 Å². The molecule has 0 saturated carbocycles. The first kappa shape index (κ1) is 26.1. The second-order valence-electron chi connectivity index (χ2n) is 7.28. The van der Waals surface area contributed by atoms with Crippen LogP contribution in [-0.2, 0) is 19.1 Å². The fourth-order valence-electron chi connectivity index (χ4n) is 3.04. The van der Waals surface area contributed by atoms with Crippen LogP contribution in [0.5, 0.6) is 11.5 Å². The highest BCUT2D eigenvalue weighted by Gasteiger charge is 2.36. The second kappa shape index (κ2) is 11.8. The van der Waals surface area contributed by atoms with Crippen molar-refractivity contribution < 1.29 is 33.4 Å². The minimum absolute atomic E-state index is 0.141. The molecule has 0 aromatic heterocycles. The summed E-state index contributed by atoms with van der Waals surface area (Å²) in [4.78, 5) is 50.2. The number of carbonyl (C=O) groups excluding carboxylic acids is 4. The first-order valence-corrected chi connectivity index (χ1v) is 11.7. The Balaban J connectivity index is 1.70. The van der Waals surface area contributed by atoms with Gasteiger partial charge in [-0.15, -0.1) is 0 Å². The molecule has 2 aromatic rings. The van der Waals surface area contributed by atoms with Crippen LogP contribution in [0, 0.1) is 6.92 Å². The smallest absolute Gasteiger partial charge is 0.344 e. The predicted octanol–water partition coefficient (Wildman–Crippen LogP) is 4.27. The number of ether oxygens (including phenoxy) is 3. The van der Waals surface area contributed by atoms with Crippen molar-refractivity contribution in [2.24, 2.45) is 0 Å². The predicted molar refractivity (Wildman–Crippen MR) is 133 cm³/mol. The van der Waals surface area contributed by atoms with Gasteiger partial charge in [-0.05, 0) is 67.1 Å². The summed E-state index contributed by atoms with van der Waals surface area (Å²) in [6, 6.07) is 9.86. The Labute approximate surface area is 211 Å². The lowest BCUT2D eigenvalue weighted by molar-refractivity contribution is -0.145. The second-order valence-corrected chi connectivity index (χ2v) is 8.68. The van der Waals surface area contributed by atoms with Crippen molar-refractivity contribution in [3.05, 3.63) is 57.5 Å². The van der Waals surface area contributed by atoms with Gasteiger partial charge in [-0.1, -0.05) is 23.7 Å². The summed E-state index contributed by atoms with van der Waals surface area (Å²) in [6.07, 6.45) is 1.50. The maximum atomic E-state index is 12.8. The van der Waals surface area contributed by atoms with Crippen LogP contribution in [0.25, 0.3) is 6.08 Å². The third kappa shape index (κ3) is 6.77. The van der Waals surface area contributed by atoms with Crippen LogP contribution < -0.4 is 14.8 Å². The van der Waals surface area contributed by atoms with Crippen LogP contribution in [0.1, 0.15) is 18.1 Å². The van der Waals surface area contributed by atoms with Gasteiger partial charge in [0.15, 0.2) is 18.1 Å². The lowest BCUT2D eigenvalue weighted by Crippen LogP contribution is -2.36. The third-order valence-corrected chi connectivity index (χ3v) is 6.08. The Hall–Kier alpha value is -3.50. The van der Waals surface area contributed by atoms with E-state index in [0.717, 1.165) is 22.2 Å². The molecule has 0 bridgehead atoms. The molecular formula is C24H23ClN2O7S. The minimum atomic E-state index is -0.595. The van der Waals surface area contributed by atoms with Crippen molar-refractivity contribution in [1.29, 1.82) is 0 Å². The number of thioether (sulfide) groups is 1. The molecule has 3 rings (SSSR count). The van der Waals surface area contributed by atoms with Gasteiger partial charge in [0.2, 0.25) is 5.91 Å². The minimum Gasteiger partial charge on any atom is -0.493 e. The van der Waals surface area contributed by atoms with Crippen LogP contribution in [0.15, 0.2) is 41.3 Å². The number of halogens is 1. The van der Waals surface area contributed by atoms with Crippen molar-refractivity contribution in [3.8, 4) is 11.5 Å². The number of esters is 1. The van der Waals surface area contributed by atoms with Crippen molar-refractivity contribution in [3.63, 3.8) is 0 Å². The summed E-state index contributed by atoms with van der Waals surface area (Å²) >= 11 is 6.79. The molecule has 2 aromatic carbocycles. The van der Waals surface area contributed by atoms with E-state index in [4.69, 9.17) is 25.8 Å². The molecule has 0 unspecified atom stereocenters. The fourth-order valence-corrected chi connectivity index (χ4v) is 4.06. The molecular weight excluding hydrogens is 496 g/mol. The zero-order valence-electron chi connectivity index (χ0n) is 19.3. The van der Waals surface area contributed by atoms with Crippen molar-refractivity contribution >= 4 is 58.1 Å². The van der Waals surface area contributed by atoms with Crippen LogP contribution >= 0.6 is 23.4 Å². The Bertz CT molecular complexity index is 1200. The van der Waals surface area contributed by atoms with Gasteiger partial charge < -0.3 is 19.5 Å². The van der Waals surface area contributed by atoms with Crippen LogP contribution in [0.4, 0.5) is 10.5 Å². The molecule has 0 atom stereocenters. The van der Waals surface area contributed by atoms with E-state index in [1.54, 1.807) is 43.3 Å². The molecule has 0 aliphatic carbocycles. The number of aryl methyl sites for hydroxylation is 1. The molecule has 1 saturated heterocycles. The maximum absolute atomic E-state index is 12.8. The van der Waals surface area contributed by atoms with Crippen LogP contribution in [0.3, 0.4) is 0 Å². The molecule has 1 fully saturated rings. The number of carbonyl (C=O) groups is 4. The largest absolute Gasteiger partial charge is 0.493 e. The molecule has 1 N–H and O–H groups in total. The first-order chi connectivity index (χ1) is 16.7. The molecule has 1 aliphatic heterocycles. The van der Waals surface area contributed by atoms with Gasteiger partial charge in [0, 0.05) is 10.7 Å². The Kier molecular flexibility index (Phi) is 8.78. The van der Waals surface area contributed by atoms with Crippen LogP contribution in [0.2, 0.25) is 5.02 Å². The van der Waals surface area contributed by atoms with E-state index < -0.39 is 29.6 Å². The lowest BCUT2D eigenvalue weighted by atomic mass is 10.2. The number of rotatable bonds is 9. The fraction of sp³-hybridized carbons (Fsp3) is 0.250. The highest BCUT2D eigenvalue weighted by molar-refractivity contribution is 8.18. The molecule has 35 heavy (non-hydrogen) atoms. The summed E-state index contributed by atoms with van der Waals surface area (Å²) in [7, 11) is 1.45. The summed E-state index contributed by atoms with van der Waals surface area (Å²) in [5.74, 6) is -1.01. The highest BCUT2D eigenvalue weighted by Crippen LogP contribution is 2.34. The van der Waals surface area contributed by atoms with E-state index in [-0.39, 0.29) is 23.9 Å². The Morgan fingerprint density at radius 2 is 1.91 bits per heavy atom. The highest BCUT2D eigenvalue weighted by atomic mass is 35.5. The lowest BCUT2D eigenvalue weighted by Gasteiger charge is -2.13. The van der Waals surface area contributed by atoms with Gasteiger partial charge in [-0.25, -0.2) is 4.79 Å². The number of methoxy groups -OCH3 is 1. The third-order valence-electron chi connectivity index (χ3n) is 4.77. The van der Waals surface area contributed by atoms with Gasteiger partial charge in [-0.3, -0.25) is 19.3 Å². The maximum Gasteiger partial charge on any atom is 0.344 e. The molecule has 11 heteroatoms. The van der Waals surface area contributed by atoms with E-state index in [1.807, 2.05) is 6.92 Å². The van der Waals surface area contributed by atoms with E-state index in [9.17, 15) is 19.2 Å². The molecule has 9 nitrogen and oxygen atoms in total. The first-order valence-electron chi connectivity index (χ1n) is 10.5. The Morgan fingerprint density at radius 3 is 2.60 bits per heavy atom. The van der Waals surface area contributed by atoms with Crippen LogP contribution in [-0.4, -0.2) is 54.8 Å². The summed E-state index contributed by atoms with van der Waals surface area (Å²) < 4.78 is 15.6. The Morgan fingerprint density at radius 1 is 1.14 bits per heavy atom. The number of nitrogens with one attached hydrogen (secondary N) is 1. The van der Waals surface area contributed by atoms with Gasteiger partial charge in [-0.2, -0.15) is 0 Å². The molecule has 0 spiro atoms. The van der Waals surface area contributed by atoms with Crippen molar-refractivity contribution in [1.82, 2.24) is 4.90 Å². The normalized spacial score (nSPS) is 14.3. The number of amides is 3. The standard InChI is InChI=1S/C24H23ClN2O7S/c1-4-33-22(29)13-34-19-9-15(6-8-18(19)32-3)10-20-23(30)27(24(31)35-20)12-21(28)26-16-7-5-14(2)17(25)11-16/h5-11H,4,12-13H2,1-3H3,(H,26,28)/b20-10-. The summed E-state index contributed by atoms with van der Waals surface area (Å²) in [5, 5.41) is 2.55. The molecule has 1 aliphatic rings. The number of imide groups is 1. The number of hydrogen-bond donors (Lipinski definition) is 1. The summed E-state index contributed by atoms with van der Waals surface area (Å²) in [5.41, 5.74) is 1.85. The molecule has 1 heterocycles. The topological polar surface area (TPSA) is 111 Å². The number of nitrogens with zero attached hydrogens (tertiary/aromatic N) is 1. The van der Waals surface area contributed by atoms with Crippen molar-refractivity contribution in [2.75, 3.05) is 32.2 Å². The average molecular weight is 519 g/mol. The van der Waals surface area contributed by atoms with Crippen molar-refractivity contribution in [2.45, 2.75) is 13.8 Å². The number of hydrogen-bond acceptors (Lipinski definition) is 8. The zero-order chi connectivity index (χ0) is 25.5. The number of benzene rings is 2. The summed E-state index contributed by atoms with van der Waals surface area (Å²) in [6.45, 7) is 2.99. The average Bonchev–Trinajstić information content (AvgIpc) is 3.07. The molecule has 3 amide bonds. The molecule has 184 valence electrons. The number of anilines is 1.